The van der Waals surface area contributed by atoms with Crippen molar-refractivity contribution in [2.75, 3.05) is 7.05 Å². The van der Waals surface area contributed by atoms with Gasteiger partial charge in [0.25, 0.3) is 0 Å². The second-order valence-electron chi connectivity index (χ2n) is 5.93. The van der Waals surface area contributed by atoms with Gasteiger partial charge in [0, 0.05) is 6.04 Å². The molecule has 0 heterocycles. The maximum absolute atomic E-state index is 3.56. The third-order valence-corrected chi connectivity index (χ3v) is 4.00. The Balaban J connectivity index is 2.78. The number of benzene rings is 1. The van der Waals surface area contributed by atoms with Crippen LogP contribution in [0.2, 0.25) is 0 Å². The molecule has 0 aliphatic carbocycles. The predicted octanol–water partition coefficient (Wildman–Crippen LogP) is 4.65. The molecule has 108 valence electrons. The second kappa shape index (κ2) is 8.37. The molecule has 1 aromatic carbocycles. The fraction of sp³-hybridized carbons (Fsp3) is 0.667. The molecule has 0 saturated heterocycles. The van der Waals surface area contributed by atoms with E-state index in [0.717, 1.165) is 12.3 Å². The highest BCUT2D eigenvalue weighted by Crippen LogP contribution is 2.21. The van der Waals surface area contributed by atoms with Gasteiger partial charge in [0.05, 0.1) is 0 Å². The minimum atomic E-state index is 0.612. The molecule has 0 aliphatic rings. The number of aryl methyl sites for hydroxylation is 2. The first-order valence-corrected chi connectivity index (χ1v) is 7.85. The van der Waals surface area contributed by atoms with Crippen molar-refractivity contribution < 1.29 is 0 Å². The first-order valence-electron chi connectivity index (χ1n) is 7.85. The summed E-state index contributed by atoms with van der Waals surface area (Å²) in [6, 6.07) is 7.55. The highest BCUT2D eigenvalue weighted by atomic mass is 14.9. The Morgan fingerprint density at radius 3 is 1.89 bits per heavy atom. The van der Waals surface area contributed by atoms with Crippen molar-refractivity contribution in [2.24, 2.45) is 5.92 Å². The summed E-state index contributed by atoms with van der Waals surface area (Å²) in [6.45, 7) is 8.99. The van der Waals surface area contributed by atoms with Gasteiger partial charge in [0.15, 0.2) is 0 Å². The number of rotatable bonds is 8. The van der Waals surface area contributed by atoms with Crippen molar-refractivity contribution in [3.8, 4) is 0 Å². The summed E-state index contributed by atoms with van der Waals surface area (Å²) in [5.74, 6) is 0.806. The summed E-state index contributed by atoms with van der Waals surface area (Å²) in [7, 11) is 2.12. The molecule has 0 aliphatic heterocycles. The largest absolute Gasteiger partial charge is 0.316 e. The molecule has 0 spiro atoms. The summed E-state index contributed by atoms with van der Waals surface area (Å²) < 4.78 is 0. The molecule has 0 radical (unpaired) electrons. The quantitative estimate of drug-likeness (QED) is 0.718. The number of hydrogen-bond donors (Lipinski definition) is 1. The Morgan fingerprint density at radius 2 is 1.47 bits per heavy atom. The topological polar surface area (TPSA) is 12.0 Å². The monoisotopic (exact) mass is 261 g/mol. The summed E-state index contributed by atoms with van der Waals surface area (Å²) in [4.78, 5) is 0. The zero-order valence-electron chi connectivity index (χ0n) is 13.4. The molecule has 1 aromatic rings. The van der Waals surface area contributed by atoms with Gasteiger partial charge in [-0.1, -0.05) is 56.0 Å². The molecule has 1 unspecified atom stereocenters. The predicted molar refractivity (Wildman–Crippen MR) is 85.8 cm³/mol. The van der Waals surface area contributed by atoms with Crippen LogP contribution in [0.25, 0.3) is 0 Å². The molecule has 1 nitrogen and oxygen atoms in total. The molecule has 0 fully saturated rings. The Hall–Kier alpha value is -0.820. The van der Waals surface area contributed by atoms with Crippen LogP contribution in [-0.4, -0.2) is 13.1 Å². The van der Waals surface area contributed by atoms with Gasteiger partial charge < -0.3 is 5.32 Å². The molecule has 1 N–H and O–H groups in total. The average molecular weight is 261 g/mol. The zero-order valence-corrected chi connectivity index (χ0v) is 13.4. The van der Waals surface area contributed by atoms with Crippen LogP contribution in [0.3, 0.4) is 0 Å². The lowest BCUT2D eigenvalue weighted by Gasteiger charge is -2.27. The summed E-state index contributed by atoms with van der Waals surface area (Å²) >= 11 is 0. The van der Waals surface area contributed by atoms with Crippen LogP contribution < -0.4 is 5.32 Å². The maximum atomic E-state index is 3.56. The van der Waals surface area contributed by atoms with Crippen LogP contribution in [0.1, 0.15) is 56.2 Å². The van der Waals surface area contributed by atoms with Crippen LogP contribution >= 0.6 is 0 Å². The van der Waals surface area contributed by atoms with Gasteiger partial charge in [-0.3, -0.25) is 0 Å². The first kappa shape index (κ1) is 16.2. The third kappa shape index (κ3) is 5.36. The van der Waals surface area contributed by atoms with Crippen LogP contribution in [-0.2, 0) is 6.42 Å². The van der Waals surface area contributed by atoms with Gasteiger partial charge in [-0.25, -0.2) is 0 Å². The molecular formula is C18H31N. The van der Waals surface area contributed by atoms with E-state index in [9.17, 15) is 0 Å². The minimum absolute atomic E-state index is 0.612. The molecule has 0 saturated carbocycles. The average Bonchev–Trinajstić information content (AvgIpc) is 2.34. The van der Waals surface area contributed by atoms with E-state index >= 15 is 0 Å². The Labute approximate surface area is 119 Å². The fourth-order valence-corrected chi connectivity index (χ4v) is 3.23. The lowest BCUT2D eigenvalue weighted by atomic mass is 9.86. The molecular weight excluding hydrogens is 230 g/mol. The van der Waals surface area contributed by atoms with Gasteiger partial charge in [-0.2, -0.15) is 0 Å². The van der Waals surface area contributed by atoms with E-state index in [4.69, 9.17) is 0 Å². The number of likely N-dealkylation sites (N-methyl/N-ethyl adjacent to an activating group) is 1. The van der Waals surface area contributed by atoms with Crippen molar-refractivity contribution in [1.29, 1.82) is 0 Å². The summed E-state index contributed by atoms with van der Waals surface area (Å²) in [5.41, 5.74) is 4.24. The highest BCUT2D eigenvalue weighted by molar-refractivity contribution is 5.29. The molecule has 0 aromatic heterocycles. The molecule has 19 heavy (non-hydrogen) atoms. The Bertz CT molecular complexity index is 344. The molecule has 0 bridgehead atoms. The van der Waals surface area contributed by atoms with E-state index in [1.54, 1.807) is 0 Å². The van der Waals surface area contributed by atoms with Gasteiger partial charge in [-0.15, -0.1) is 0 Å². The SMILES string of the molecule is CCCC(CCC)C(Cc1cc(C)cc(C)c1)NC. The standard InChI is InChI=1S/C18H31N/c1-6-8-17(9-7-2)18(19-5)13-16-11-14(3)10-15(4)12-16/h10-12,17-19H,6-9,13H2,1-5H3. The highest BCUT2D eigenvalue weighted by Gasteiger charge is 2.19. The minimum Gasteiger partial charge on any atom is -0.316 e. The molecule has 1 heteroatoms. The number of nitrogens with one attached hydrogen (secondary N) is 1. The Kier molecular flexibility index (Phi) is 7.15. The van der Waals surface area contributed by atoms with Crippen molar-refractivity contribution in [1.82, 2.24) is 5.32 Å². The Morgan fingerprint density at radius 1 is 0.947 bits per heavy atom. The van der Waals surface area contributed by atoms with E-state index in [1.165, 1.54) is 42.4 Å². The normalized spacial score (nSPS) is 12.9. The van der Waals surface area contributed by atoms with E-state index in [1.807, 2.05) is 0 Å². The van der Waals surface area contributed by atoms with Crippen molar-refractivity contribution >= 4 is 0 Å². The van der Waals surface area contributed by atoms with Crippen LogP contribution in [0.15, 0.2) is 18.2 Å². The molecule has 0 amide bonds. The smallest absolute Gasteiger partial charge is 0.0133 e. The van der Waals surface area contributed by atoms with Crippen LogP contribution in [0, 0.1) is 19.8 Å². The maximum Gasteiger partial charge on any atom is 0.0133 e. The lowest BCUT2D eigenvalue weighted by molar-refractivity contribution is 0.322. The van der Waals surface area contributed by atoms with Crippen LogP contribution in [0.4, 0.5) is 0 Å². The lowest BCUT2D eigenvalue weighted by Crippen LogP contribution is -2.35. The fourth-order valence-electron chi connectivity index (χ4n) is 3.23. The van der Waals surface area contributed by atoms with Crippen LogP contribution in [0.5, 0.6) is 0 Å². The third-order valence-electron chi connectivity index (χ3n) is 4.00. The van der Waals surface area contributed by atoms with Crippen molar-refractivity contribution in [3.05, 3.63) is 34.9 Å². The van der Waals surface area contributed by atoms with Gasteiger partial charge in [-0.05, 0) is 51.6 Å². The summed E-state index contributed by atoms with van der Waals surface area (Å²) in [5, 5.41) is 3.56. The summed E-state index contributed by atoms with van der Waals surface area (Å²) in [6.07, 6.45) is 6.41. The van der Waals surface area contributed by atoms with Gasteiger partial charge in [0.1, 0.15) is 0 Å². The van der Waals surface area contributed by atoms with E-state index < -0.39 is 0 Å². The van der Waals surface area contributed by atoms with Crippen molar-refractivity contribution in [2.45, 2.75) is 65.8 Å². The molecule has 1 rings (SSSR count). The zero-order chi connectivity index (χ0) is 14.3. The molecule has 1 atom stereocenters. The second-order valence-corrected chi connectivity index (χ2v) is 5.93. The van der Waals surface area contributed by atoms with Crippen molar-refractivity contribution in [3.63, 3.8) is 0 Å². The number of hydrogen-bond acceptors (Lipinski definition) is 1. The van der Waals surface area contributed by atoms with E-state index in [-0.39, 0.29) is 0 Å². The van der Waals surface area contributed by atoms with Gasteiger partial charge in [0.2, 0.25) is 0 Å². The van der Waals surface area contributed by atoms with Gasteiger partial charge >= 0.3 is 0 Å². The first-order chi connectivity index (χ1) is 9.10. The van der Waals surface area contributed by atoms with E-state index in [2.05, 4.69) is 58.3 Å². The van der Waals surface area contributed by atoms with E-state index in [0.29, 0.717) is 6.04 Å².